The van der Waals surface area contributed by atoms with Crippen LogP contribution in [0.1, 0.15) is 6.92 Å². The zero-order valence-electron chi connectivity index (χ0n) is 7.01. The smallest absolute Gasteiger partial charge is 0.243 e. The second-order valence-corrected chi connectivity index (χ2v) is 2.13. The Balaban J connectivity index is 0.000000261. The van der Waals surface area contributed by atoms with Crippen LogP contribution in [0.3, 0.4) is 0 Å². The minimum Gasteiger partial charge on any atom is -0.356 e. The SMILES string of the molecule is CCn1cc[n+](C)c1.O=[N+]([O-])[O-]. The van der Waals surface area contributed by atoms with E-state index in [9.17, 15) is 0 Å². The molecule has 0 fully saturated rings. The fraction of sp³-hybridized carbons (Fsp3) is 0.500. The first-order chi connectivity index (χ1) is 5.56. The van der Waals surface area contributed by atoms with E-state index in [4.69, 9.17) is 15.3 Å². The summed E-state index contributed by atoms with van der Waals surface area (Å²) in [5.74, 6) is 0. The molecule has 12 heavy (non-hydrogen) atoms. The largest absolute Gasteiger partial charge is 0.356 e. The molecule has 6 heteroatoms. The fourth-order valence-corrected chi connectivity index (χ4v) is 0.689. The van der Waals surface area contributed by atoms with E-state index in [-0.39, 0.29) is 0 Å². The van der Waals surface area contributed by atoms with Gasteiger partial charge in [0, 0.05) is 0 Å². The topological polar surface area (TPSA) is 75.0 Å². The van der Waals surface area contributed by atoms with E-state index >= 15 is 0 Å². The summed E-state index contributed by atoms with van der Waals surface area (Å²) >= 11 is 0. The van der Waals surface area contributed by atoms with Crippen molar-refractivity contribution in [3.63, 3.8) is 0 Å². The van der Waals surface area contributed by atoms with Crippen molar-refractivity contribution in [1.82, 2.24) is 4.57 Å². The van der Waals surface area contributed by atoms with Gasteiger partial charge < -0.3 is 15.3 Å². The lowest BCUT2D eigenvalue weighted by atomic mass is 10.7. The minimum absolute atomic E-state index is 1.06. The zero-order valence-corrected chi connectivity index (χ0v) is 7.01. The molecule has 0 aliphatic carbocycles. The van der Waals surface area contributed by atoms with Crippen LogP contribution in [0.15, 0.2) is 18.7 Å². The molecule has 1 heterocycles. The number of imidazole rings is 1. The minimum atomic E-state index is -1.75. The summed E-state index contributed by atoms with van der Waals surface area (Å²) in [7, 11) is 2.02. The number of hydrogen-bond acceptors (Lipinski definition) is 3. The first kappa shape index (κ1) is 10.4. The van der Waals surface area contributed by atoms with Crippen LogP contribution in [0.2, 0.25) is 0 Å². The third-order valence-corrected chi connectivity index (χ3v) is 1.19. The number of aryl methyl sites for hydroxylation is 2. The van der Waals surface area contributed by atoms with Crippen LogP contribution in [-0.4, -0.2) is 9.65 Å². The Kier molecular flexibility index (Phi) is 4.43. The van der Waals surface area contributed by atoms with Gasteiger partial charge >= 0.3 is 0 Å². The quantitative estimate of drug-likeness (QED) is 0.343. The highest BCUT2D eigenvalue weighted by Crippen LogP contribution is 1.79. The van der Waals surface area contributed by atoms with Crippen LogP contribution in [0.4, 0.5) is 0 Å². The zero-order chi connectivity index (χ0) is 9.56. The second-order valence-electron chi connectivity index (χ2n) is 2.13. The number of hydrogen-bond donors (Lipinski definition) is 0. The number of nitrogens with zero attached hydrogens (tertiary/aromatic N) is 3. The van der Waals surface area contributed by atoms with Crippen LogP contribution in [0, 0.1) is 15.3 Å². The standard InChI is InChI=1S/C6H11N2.NO3/c1-3-8-5-4-7(2)6-8;2-1(3)4/h4-6H,3H2,1-2H3;/q+1;-1. The van der Waals surface area contributed by atoms with Crippen LogP contribution >= 0.6 is 0 Å². The van der Waals surface area contributed by atoms with Crippen molar-refractivity contribution in [2.24, 2.45) is 7.05 Å². The highest BCUT2D eigenvalue weighted by molar-refractivity contribution is 4.63. The Hall–Kier alpha value is -1.59. The van der Waals surface area contributed by atoms with Crippen LogP contribution < -0.4 is 4.57 Å². The van der Waals surface area contributed by atoms with Gasteiger partial charge in [0.25, 0.3) is 0 Å². The molecule has 68 valence electrons. The summed E-state index contributed by atoms with van der Waals surface area (Å²) in [5, 5.41) is 14.8. The highest BCUT2D eigenvalue weighted by atomic mass is 16.9. The summed E-state index contributed by atoms with van der Waals surface area (Å²) in [5.41, 5.74) is 0. The molecule has 0 radical (unpaired) electrons. The summed E-state index contributed by atoms with van der Waals surface area (Å²) < 4.78 is 4.16. The van der Waals surface area contributed by atoms with Gasteiger partial charge in [0.15, 0.2) is 0 Å². The fourth-order valence-electron chi connectivity index (χ4n) is 0.689. The molecule has 0 saturated heterocycles. The van der Waals surface area contributed by atoms with Crippen molar-refractivity contribution in [2.75, 3.05) is 0 Å². The van der Waals surface area contributed by atoms with E-state index in [2.05, 4.69) is 24.0 Å². The molecule has 0 spiro atoms. The molecule has 1 rings (SSSR count). The molecule has 1 aromatic rings. The summed E-state index contributed by atoms with van der Waals surface area (Å²) in [6.45, 7) is 3.18. The van der Waals surface area contributed by atoms with Gasteiger partial charge in [-0.05, 0) is 6.92 Å². The molecule has 6 nitrogen and oxygen atoms in total. The summed E-state index contributed by atoms with van der Waals surface area (Å²) in [4.78, 5) is 8.25. The third kappa shape index (κ3) is 5.21. The van der Waals surface area contributed by atoms with E-state index in [1.807, 2.05) is 17.8 Å². The van der Waals surface area contributed by atoms with Crippen molar-refractivity contribution in [1.29, 1.82) is 0 Å². The average Bonchev–Trinajstić information content (AvgIpc) is 2.34. The maximum atomic E-state index is 8.25. The lowest BCUT2D eigenvalue weighted by Gasteiger charge is -1.81. The van der Waals surface area contributed by atoms with E-state index in [0.717, 1.165) is 6.54 Å². The Bertz CT molecular complexity index is 242. The number of aromatic nitrogens is 2. The van der Waals surface area contributed by atoms with Crippen molar-refractivity contribution < 1.29 is 9.65 Å². The van der Waals surface area contributed by atoms with E-state index in [0.29, 0.717) is 0 Å². The molecular weight excluding hydrogens is 162 g/mol. The molecule has 0 atom stereocenters. The van der Waals surface area contributed by atoms with Gasteiger partial charge in [-0.1, -0.05) is 0 Å². The van der Waals surface area contributed by atoms with Gasteiger partial charge in [0.1, 0.15) is 12.4 Å². The molecular formula is C6H11N3O3. The predicted octanol–water partition coefficient (Wildman–Crippen LogP) is 0.0934. The maximum absolute atomic E-state index is 8.25. The van der Waals surface area contributed by atoms with E-state index in [1.165, 1.54) is 0 Å². The summed E-state index contributed by atoms with van der Waals surface area (Å²) in [6, 6.07) is 0. The Labute approximate surface area is 69.8 Å². The molecule has 0 N–H and O–H groups in total. The Morgan fingerprint density at radius 3 is 2.25 bits per heavy atom. The molecule has 0 aromatic carbocycles. The van der Waals surface area contributed by atoms with Crippen LogP contribution in [0.25, 0.3) is 0 Å². The van der Waals surface area contributed by atoms with Gasteiger partial charge in [-0.2, -0.15) is 0 Å². The molecule has 0 bridgehead atoms. The molecule has 0 amide bonds. The van der Waals surface area contributed by atoms with Crippen molar-refractivity contribution >= 4 is 0 Å². The monoisotopic (exact) mass is 173 g/mol. The van der Waals surface area contributed by atoms with Crippen LogP contribution in [0.5, 0.6) is 0 Å². The summed E-state index contributed by atoms with van der Waals surface area (Å²) in [6.07, 6.45) is 6.14. The van der Waals surface area contributed by atoms with Gasteiger partial charge in [0.2, 0.25) is 6.33 Å². The molecule has 0 aliphatic rings. The van der Waals surface area contributed by atoms with Gasteiger partial charge in [-0.25, -0.2) is 9.13 Å². The molecule has 0 saturated carbocycles. The average molecular weight is 173 g/mol. The van der Waals surface area contributed by atoms with Crippen molar-refractivity contribution in [2.45, 2.75) is 13.5 Å². The normalized spacial score (nSPS) is 8.50. The molecule has 0 unspecified atom stereocenters. The van der Waals surface area contributed by atoms with Crippen molar-refractivity contribution in [3.05, 3.63) is 34.0 Å². The van der Waals surface area contributed by atoms with Gasteiger partial charge in [-0.3, -0.25) is 0 Å². The van der Waals surface area contributed by atoms with E-state index in [1.54, 1.807) is 0 Å². The van der Waals surface area contributed by atoms with Crippen molar-refractivity contribution in [3.8, 4) is 0 Å². The van der Waals surface area contributed by atoms with Gasteiger partial charge in [0.05, 0.1) is 18.7 Å². The van der Waals surface area contributed by atoms with Crippen LogP contribution in [-0.2, 0) is 13.6 Å². The van der Waals surface area contributed by atoms with E-state index < -0.39 is 5.09 Å². The van der Waals surface area contributed by atoms with Gasteiger partial charge in [-0.15, -0.1) is 0 Å². The molecule has 0 aliphatic heterocycles. The number of rotatable bonds is 1. The highest BCUT2D eigenvalue weighted by Gasteiger charge is 1.92. The first-order valence-corrected chi connectivity index (χ1v) is 3.38. The first-order valence-electron chi connectivity index (χ1n) is 3.38. The lowest BCUT2D eigenvalue weighted by Crippen LogP contribution is -2.23. The Morgan fingerprint density at radius 1 is 1.58 bits per heavy atom. The lowest BCUT2D eigenvalue weighted by molar-refractivity contribution is -0.671. The third-order valence-electron chi connectivity index (χ3n) is 1.19. The molecule has 1 aromatic heterocycles. The Morgan fingerprint density at radius 2 is 2.08 bits per heavy atom. The maximum Gasteiger partial charge on any atom is 0.243 e. The second kappa shape index (κ2) is 5.11. The predicted molar refractivity (Wildman–Crippen MR) is 41.6 cm³/mol.